The number of carbonyl (C=O) groups is 3. The third-order valence-electron chi connectivity index (χ3n) is 8.23. The van der Waals surface area contributed by atoms with E-state index in [0.29, 0.717) is 24.6 Å². The lowest BCUT2D eigenvalue weighted by Gasteiger charge is -2.35. The standard InChI is InChI=1S/C33H40N4O4S/c1-19(2)12-25-13-22(30-21(5)35-18-42-30)10-11-23(25)15-34-31(39)28-14-26(38)17-36(28)33(41)29(20(3)4)37-16-24-8-6-7-9-27(24)32(37)40/h6-11,13,18-20,26,28-29,38H,12,14-17H2,1-5H3,(H,34,39)/t26-,28+,29+/m1/s1. The molecule has 0 aliphatic carbocycles. The summed E-state index contributed by atoms with van der Waals surface area (Å²) in [6, 6.07) is 12.2. The van der Waals surface area contributed by atoms with Crippen LogP contribution in [0, 0.1) is 18.8 Å². The maximum Gasteiger partial charge on any atom is 0.255 e. The van der Waals surface area contributed by atoms with E-state index in [-0.39, 0.29) is 36.6 Å². The van der Waals surface area contributed by atoms with Gasteiger partial charge in [-0.3, -0.25) is 14.4 Å². The van der Waals surface area contributed by atoms with Gasteiger partial charge in [-0.2, -0.15) is 0 Å². The Hall–Kier alpha value is -3.56. The number of likely N-dealkylation sites (tertiary alicyclic amines) is 1. The average molecular weight is 589 g/mol. The molecule has 8 nitrogen and oxygen atoms in total. The molecular weight excluding hydrogens is 548 g/mol. The van der Waals surface area contributed by atoms with Crippen molar-refractivity contribution in [3.05, 3.63) is 75.9 Å². The molecule has 1 fully saturated rings. The summed E-state index contributed by atoms with van der Waals surface area (Å²) in [5, 5.41) is 13.6. The topological polar surface area (TPSA) is 103 Å². The van der Waals surface area contributed by atoms with Crippen molar-refractivity contribution in [1.82, 2.24) is 20.1 Å². The Kier molecular flexibility index (Phi) is 8.80. The van der Waals surface area contributed by atoms with Gasteiger partial charge in [0.1, 0.15) is 12.1 Å². The van der Waals surface area contributed by atoms with Gasteiger partial charge in [-0.15, -0.1) is 11.3 Å². The van der Waals surface area contributed by atoms with E-state index in [4.69, 9.17) is 0 Å². The van der Waals surface area contributed by atoms with Crippen LogP contribution in [-0.2, 0) is 29.1 Å². The Morgan fingerprint density at radius 2 is 1.88 bits per heavy atom. The molecule has 0 unspecified atom stereocenters. The number of fused-ring (bicyclic) bond motifs is 1. The van der Waals surface area contributed by atoms with Crippen LogP contribution in [0.4, 0.5) is 0 Å². The molecule has 42 heavy (non-hydrogen) atoms. The first-order valence-electron chi connectivity index (χ1n) is 14.7. The zero-order chi connectivity index (χ0) is 30.1. The summed E-state index contributed by atoms with van der Waals surface area (Å²) in [4.78, 5) is 49.4. The monoisotopic (exact) mass is 588 g/mol. The molecule has 0 saturated carbocycles. The smallest absolute Gasteiger partial charge is 0.255 e. The van der Waals surface area contributed by atoms with Crippen LogP contribution in [0.1, 0.15) is 66.9 Å². The van der Waals surface area contributed by atoms with E-state index < -0.39 is 18.2 Å². The molecule has 2 aliphatic rings. The van der Waals surface area contributed by atoms with Crippen LogP contribution < -0.4 is 5.32 Å². The molecular formula is C33H40N4O4S. The number of thiazole rings is 1. The van der Waals surface area contributed by atoms with Gasteiger partial charge in [-0.25, -0.2) is 4.98 Å². The van der Waals surface area contributed by atoms with Crippen molar-refractivity contribution < 1.29 is 19.5 Å². The van der Waals surface area contributed by atoms with Crippen molar-refractivity contribution in [3.8, 4) is 10.4 Å². The summed E-state index contributed by atoms with van der Waals surface area (Å²) in [5.41, 5.74) is 7.68. The first-order chi connectivity index (χ1) is 20.0. The third-order valence-corrected chi connectivity index (χ3v) is 9.21. The second-order valence-electron chi connectivity index (χ2n) is 12.2. The van der Waals surface area contributed by atoms with Gasteiger partial charge in [-0.05, 0) is 59.6 Å². The normalized spacial score (nSPS) is 19.1. The molecule has 3 heterocycles. The van der Waals surface area contributed by atoms with Crippen LogP contribution in [0.3, 0.4) is 0 Å². The van der Waals surface area contributed by atoms with Crippen LogP contribution >= 0.6 is 11.3 Å². The maximum atomic E-state index is 14.0. The van der Waals surface area contributed by atoms with Crippen LogP contribution in [0.15, 0.2) is 48.0 Å². The molecule has 0 radical (unpaired) electrons. The lowest BCUT2D eigenvalue weighted by Crippen LogP contribution is -2.55. The second-order valence-corrected chi connectivity index (χ2v) is 13.1. The minimum atomic E-state index is -0.804. The highest BCUT2D eigenvalue weighted by atomic mass is 32.1. The first-order valence-corrected chi connectivity index (χ1v) is 15.6. The van der Waals surface area contributed by atoms with Gasteiger partial charge >= 0.3 is 0 Å². The highest BCUT2D eigenvalue weighted by molar-refractivity contribution is 7.13. The van der Waals surface area contributed by atoms with E-state index in [2.05, 4.69) is 42.3 Å². The summed E-state index contributed by atoms with van der Waals surface area (Å²) in [6.45, 7) is 10.9. The fraction of sp³-hybridized carbons (Fsp3) is 0.455. The number of nitrogens with one attached hydrogen (secondary N) is 1. The molecule has 222 valence electrons. The molecule has 3 amide bonds. The minimum absolute atomic E-state index is 0.0661. The third kappa shape index (κ3) is 5.99. The van der Waals surface area contributed by atoms with Crippen molar-refractivity contribution >= 4 is 29.1 Å². The number of amides is 3. The number of aliphatic hydroxyl groups excluding tert-OH is 1. The molecule has 9 heteroatoms. The molecule has 2 N–H and O–H groups in total. The summed E-state index contributed by atoms with van der Waals surface area (Å²) in [5.74, 6) is -0.503. The average Bonchev–Trinajstić information content (AvgIpc) is 3.64. The van der Waals surface area contributed by atoms with Crippen LogP contribution in [0.25, 0.3) is 10.4 Å². The lowest BCUT2D eigenvalue weighted by atomic mass is 9.95. The van der Waals surface area contributed by atoms with Gasteiger partial charge in [0.25, 0.3) is 5.91 Å². The maximum absolute atomic E-state index is 14.0. The van der Waals surface area contributed by atoms with Gasteiger partial charge < -0.3 is 20.2 Å². The van der Waals surface area contributed by atoms with Gasteiger partial charge in [0.2, 0.25) is 11.8 Å². The van der Waals surface area contributed by atoms with Gasteiger partial charge in [0.15, 0.2) is 0 Å². The zero-order valence-corrected chi connectivity index (χ0v) is 25.8. The highest BCUT2D eigenvalue weighted by Gasteiger charge is 2.45. The summed E-state index contributed by atoms with van der Waals surface area (Å²) >= 11 is 1.62. The Balaban J connectivity index is 1.32. The summed E-state index contributed by atoms with van der Waals surface area (Å²) < 4.78 is 0. The first kappa shape index (κ1) is 29.9. The van der Waals surface area contributed by atoms with E-state index in [0.717, 1.165) is 33.7 Å². The second kappa shape index (κ2) is 12.4. The molecule has 2 aliphatic heterocycles. The van der Waals surface area contributed by atoms with Crippen LogP contribution in [0.2, 0.25) is 0 Å². The number of aliphatic hydroxyl groups is 1. The number of aromatic nitrogens is 1. The fourth-order valence-electron chi connectivity index (χ4n) is 6.20. The van der Waals surface area contributed by atoms with Crippen molar-refractivity contribution in [2.75, 3.05) is 6.54 Å². The molecule has 1 aromatic heterocycles. The Morgan fingerprint density at radius 1 is 1.12 bits per heavy atom. The van der Waals surface area contributed by atoms with Crippen molar-refractivity contribution in [2.45, 2.75) is 78.7 Å². The number of benzene rings is 2. The van der Waals surface area contributed by atoms with Crippen molar-refractivity contribution in [2.24, 2.45) is 11.8 Å². The lowest BCUT2D eigenvalue weighted by molar-refractivity contribution is -0.143. The molecule has 1 saturated heterocycles. The van der Waals surface area contributed by atoms with Gasteiger partial charge in [-0.1, -0.05) is 58.0 Å². The number of β-amino-alcohol motifs (C(OH)–C–C–N with tert-alkyl or cyclic N) is 1. The zero-order valence-electron chi connectivity index (χ0n) is 25.0. The van der Waals surface area contributed by atoms with Gasteiger partial charge in [0, 0.05) is 31.6 Å². The van der Waals surface area contributed by atoms with Crippen molar-refractivity contribution in [1.29, 1.82) is 0 Å². The number of rotatable bonds is 9. The largest absolute Gasteiger partial charge is 0.391 e. The van der Waals surface area contributed by atoms with Crippen molar-refractivity contribution in [3.63, 3.8) is 0 Å². The summed E-state index contributed by atoms with van der Waals surface area (Å²) in [7, 11) is 0. The molecule has 0 bridgehead atoms. The Bertz CT molecular complexity index is 1480. The predicted molar refractivity (Wildman–Crippen MR) is 164 cm³/mol. The SMILES string of the molecule is Cc1ncsc1-c1ccc(CNC(=O)[C@@H]2C[C@@H](O)CN2C(=O)[C@H](C(C)C)N2Cc3ccccc3C2=O)c(CC(C)C)c1. The quantitative estimate of drug-likeness (QED) is 0.381. The molecule has 5 rings (SSSR count). The molecule has 0 spiro atoms. The van der Waals surface area contributed by atoms with E-state index in [1.54, 1.807) is 22.3 Å². The minimum Gasteiger partial charge on any atom is -0.391 e. The van der Waals surface area contributed by atoms with E-state index >= 15 is 0 Å². The molecule has 2 aromatic carbocycles. The Morgan fingerprint density at radius 3 is 2.55 bits per heavy atom. The number of nitrogens with zero attached hydrogens (tertiary/aromatic N) is 3. The van der Waals surface area contributed by atoms with Gasteiger partial charge in [0.05, 0.1) is 22.2 Å². The number of carbonyl (C=O) groups excluding carboxylic acids is 3. The van der Waals surface area contributed by atoms with Crippen LogP contribution in [0.5, 0.6) is 0 Å². The highest BCUT2D eigenvalue weighted by Crippen LogP contribution is 2.32. The van der Waals surface area contributed by atoms with E-state index in [1.807, 2.05) is 44.5 Å². The van der Waals surface area contributed by atoms with Crippen LogP contribution in [-0.4, -0.2) is 62.3 Å². The number of hydrogen-bond acceptors (Lipinski definition) is 6. The summed E-state index contributed by atoms with van der Waals surface area (Å²) in [6.07, 6.45) is 0.229. The fourth-order valence-corrected chi connectivity index (χ4v) is 7.01. The van der Waals surface area contributed by atoms with E-state index in [1.165, 1.54) is 10.5 Å². The Labute approximate surface area is 251 Å². The molecule has 3 aromatic rings. The predicted octanol–water partition coefficient (Wildman–Crippen LogP) is 4.58. The van der Waals surface area contributed by atoms with E-state index in [9.17, 15) is 19.5 Å². The number of hydrogen-bond donors (Lipinski definition) is 2. The number of aryl methyl sites for hydroxylation is 1. The molecule has 3 atom stereocenters.